The van der Waals surface area contributed by atoms with E-state index in [4.69, 9.17) is 9.47 Å². The predicted molar refractivity (Wildman–Crippen MR) is 79.1 cm³/mol. The van der Waals surface area contributed by atoms with Gasteiger partial charge in [0.1, 0.15) is 17.3 Å². The zero-order chi connectivity index (χ0) is 14.5. The third-order valence-electron chi connectivity index (χ3n) is 2.81. The largest absolute Gasteiger partial charge is 0.497 e. The summed E-state index contributed by atoms with van der Waals surface area (Å²) < 4.78 is 10.5. The fourth-order valence-corrected chi connectivity index (χ4v) is 1.71. The number of methoxy groups -OCH3 is 2. The minimum Gasteiger partial charge on any atom is -0.497 e. The zero-order valence-corrected chi connectivity index (χ0v) is 12.0. The number of benzene rings is 1. The molecule has 0 unspecified atom stereocenters. The molecule has 20 heavy (non-hydrogen) atoms. The van der Waals surface area contributed by atoms with Crippen molar-refractivity contribution in [2.24, 2.45) is 0 Å². The van der Waals surface area contributed by atoms with Gasteiger partial charge in [-0.3, -0.25) is 0 Å². The first-order valence-corrected chi connectivity index (χ1v) is 6.17. The van der Waals surface area contributed by atoms with Gasteiger partial charge in [0, 0.05) is 42.7 Å². The molecule has 0 fully saturated rings. The van der Waals surface area contributed by atoms with Gasteiger partial charge in [0.25, 0.3) is 0 Å². The van der Waals surface area contributed by atoms with Crippen LogP contribution in [0.5, 0.6) is 11.5 Å². The van der Waals surface area contributed by atoms with Crippen LogP contribution in [0.15, 0.2) is 24.4 Å². The Hall–Kier alpha value is -2.50. The smallest absolute Gasteiger partial charge is 0.224 e. The van der Waals surface area contributed by atoms with Gasteiger partial charge in [0.2, 0.25) is 5.95 Å². The van der Waals surface area contributed by atoms with Crippen LogP contribution < -0.4 is 20.1 Å². The van der Waals surface area contributed by atoms with Gasteiger partial charge in [0.05, 0.1) is 14.2 Å². The van der Waals surface area contributed by atoms with Crippen LogP contribution in [0, 0.1) is 6.92 Å². The van der Waals surface area contributed by atoms with Crippen molar-refractivity contribution in [1.29, 1.82) is 0 Å². The molecule has 0 bridgehead atoms. The van der Waals surface area contributed by atoms with Crippen LogP contribution >= 0.6 is 0 Å². The van der Waals surface area contributed by atoms with Crippen molar-refractivity contribution < 1.29 is 9.47 Å². The molecule has 0 radical (unpaired) electrons. The fourth-order valence-electron chi connectivity index (χ4n) is 1.71. The summed E-state index contributed by atoms with van der Waals surface area (Å²) in [6.07, 6.45) is 1.76. The quantitative estimate of drug-likeness (QED) is 0.873. The summed E-state index contributed by atoms with van der Waals surface area (Å²) in [5.41, 5.74) is 1.79. The Balaban J connectivity index is 2.33. The van der Waals surface area contributed by atoms with E-state index < -0.39 is 0 Å². The summed E-state index contributed by atoms with van der Waals surface area (Å²) in [5.74, 6) is 2.73. The number of hydrogen-bond acceptors (Lipinski definition) is 6. The Bertz CT molecular complexity index is 579. The highest BCUT2D eigenvalue weighted by Gasteiger charge is 2.06. The molecule has 0 aliphatic heterocycles. The number of rotatable bonds is 5. The molecule has 106 valence electrons. The van der Waals surface area contributed by atoms with Crippen LogP contribution in [-0.2, 0) is 0 Å². The van der Waals surface area contributed by atoms with Crippen molar-refractivity contribution in [2.75, 3.05) is 31.9 Å². The third kappa shape index (κ3) is 3.09. The summed E-state index contributed by atoms with van der Waals surface area (Å²) in [4.78, 5) is 8.54. The molecule has 0 saturated heterocycles. The second kappa shape index (κ2) is 6.10. The average Bonchev–Trinajstić information content (AvgIpc) is 2.49. The minimum atomic E-state index is 0.563. The molecule has 6 nitrogen and oxygen atoms in total. The third-order valence-corrected chi connectivity index (χ3v) is 2.81. The SMILES string of the molecule is CNc1ncc(C)c(Nc2cc(OC)cc(OC)c2)n1. The van der Waals surface area contributed by atoms with Crippen LogP contribution in [0.3, 0.4) is 0 Å². The van der Waals surface area contributed by atoms with Crippen molar-refractivity contribution >= 4 is 17.5 Å². The van der Waals surface area contributed by atoms with E-state index in [9.17, 15) is 0 Å². The molecule has 1 aromatic heterocycles. The lowest BCUT2D eigenvalue weighted by molar-refractivity contribution is 0.395. The summed E-state index contributed by atoms with van der Waals surface area (Å²) >= 11 is 0. The molecule has 6 heteroatoms. The maximum Gasteiger partial charge on any atom is 0.224 e. The van der Waals surface area contributed by atoms with Gasteiger partial charge in [-0.25, -0.2) is 4.98 Å². The molecule has 0 atom stereocenters. The maximum absolute atomic E-state index is 5.25. The predicted octanol–water partition coefficient (Wildman–Crippen LogP) is 2.59. The number of aromatic nitrogens is 2. The van der Waals surface area contributed by atoms with Gasteiger partial charge in [-0.2, -0.15) is 4.98 Å². The zero-order valence-electron chi connectivity index (χ0n) is 12.0. The van der Waals surface area contributed by atoms with Crippen LogP contribution in [0.25, 0.3) is 0 Å². The van der Waals surface area contributed by atoms with Gasteiger partial charge in [-0.05, 0) is 6.92 Å². The Morgan fingerprint density at radius 1 is 1.05 bits per heavy atom. The van der Waals surface area contributed by atoms with Crippen LogP contribution in [0.2, 0.25) is 0 Å². The second-order valence-electron chi connectivity index (χ2n) is 4.20. The Labute approximate surface area is 118 Å². The lowest BCUT2D eigenvalue weighted by Crippen LogP contribution is -2.02. The molecule has 2 N–H and O–H groups in total. The van der Waals surface area contributed by atoms with Crippen molar-refractivity contribution in [3.63, 3.8) is 0 Å². The van der Waals surface area contributed by atoms with E-state index in [2.05, 4.69) is 20.6 Å². The average molecular weight is 274 g/mol. The van der Waals surface area contributed by atoms with Crippen molar-refractivity contribution in [2.45, 2.75) is 6.92 Å². The standard InChI is InChI=1S/C14H18N4O2/c1-9-8-16-14(15-2)18-13(9)17-10-5-11(19-3)7-12(6-10)20-4/h5-8H,1-4H3,(H2,15,16,17,18). The van der Waals surface area contributed by atoms with E-state index in [0.29, 0.717) is 17.4 Å². The minimum absolute atomic E-state index is 0.563. The lowest BCUT2D eigenvalue weighted by Gasteiger charge is -2.12. The maximum atomic E-state index is 5.25. The second-order valence-corrected chi connectivity index (χ2v) is 4.20. The Morgan fingerprint density at radius 2 is 1.70 bits per heavy atom. The van der Waals surface area contributed by atoms with Gasteiger partial charge in [-0.15, -0.1) is 0 Å². The van der Waals surface area contributed by atoms with Gasteiger partial charge in [0.15, 0.2) is 0 Å². The highest BCUT2D eigenvalue weighted by atomic mass is 16.5. The number of anilines is 3. The van der Waals surface area contributed by atoms with E-state index in [1.165, 1.54) is 0 Å². The number of hydrogen-bond donors (Lipinski definition) is 2. The number of aryl methyl sites for hydroxylation is 1. The van der Waals surface area contributed by atoms with Crippen molar-refractivity contribution in [1.82, 2.24) is 9.97 Å². The molecule has 1 heterocycles. The number of nitrogens with one attached hydrogen (secondary N) is 2. The first kappa shape index (κ1) is 13.9. The van der Waals surface area contributed by atoms with Crippen molar-refractivity contribution in [3.05, 3.63) is 30.0 Å². The number of nitrogens with zero attached hydrogens (tertiary/aromatic N) is 2. The molecular weight excluding hydrogens is 256 g/mol. The van der Waals surface area contributed by atoms with E-state index in [-0.39, 0.29) is 0 Å². The van der Waals surface area contributed by atoms with Crippen LogP contribution in [0.4, 0.5) is 17.5 Å². The molecule has 0 aliphatic rings. The Kier molecular flexibility index (Phi) is 4.24. The van der Waals surface area contributed by atoms with E-state index in [1.54, 1.807) is 27.5 Å². The van der Waals surface area contributed by atoms with Crippen molar-refractivity contribution in [3.8, 4) is 11.5 Å². The first-order valence-electron chi connectivity index (χ1n) is 6.17. The highest BCUT2D eigenvalue weighted by molar-refractivity contribution is 5.63. The summed E-state index contributed by atoms with van der Waals surface area (Å²) in [7, 11) is 5.02. The molecule has 2 aromatic rings. The molecular formula is C14H18N4O2. The number of ether oxygens (including phenoxy) is 2. The first-order chi connectivity index (χ1) is 9.66. The molecule has 2 rings (SSSR count). The summed E-state index contributed by atoms with van der Waals surface area (Å²) in [6, 6.07) is 5.57. The monoisotopic (exact) mass is 274 g/mol. The summed E-state index contributed by atoms with van der Waals surface area (Å²) in [6.45, 7) is 1.94. The molecule has 0 aliphatic carbocycles. The van der Waals surface area contributed by atoms with E-state index >= 15 is 0 Å². The fraction of sp³-hybridized carbons (Fsp3) is 0.286. The lowest BCUT2D eigenvalue weighted by atomic mass is 10.2. The Morgan fingerprint density at radius 3 is 2.25 bits per heavy atom. The van der Waals surface area contributed by atoms with Crippen LogP contribution in [-0.4, -0.2) is 31.2 Å². The molecule has 0 amide bonds. The van der Waals surface area contributed by atoms with Crippen LogP contribution in [0.1, 0.15) is 5.56 Å². The van der Waals surface area contributed by atoms with Gasteiger partial charge < -0.3 is 20.1 Å². The van der Waals surface area contributed by atoms with E-state index in [1.807, 2.05) is 25.1 Å². The highest BCUT2D eigenvalue weighted by Crippen LogP contribution is 2.28. The topological polar surface area (TPSA) is 68.3 Å². The normalized spacial score (nSPS) is 10.0. The molecule has 0 spiro atoms. The molecule has 0 saturated carbocycles. The van der Waals surface area contributed by atoms with Gasteiger partial charge in [-0.1, -0.05) is 0 Å². The molecule has 1 aromatic carbocycles. The van der Waals surface area contributed by atoms with Gasteiger partial charge >= 0.3 is 0 Å². The summed E-state index contributed by atoms with van der Waals surface area (Å²) in [5, 5.41) is 6.16. The van der Waals surface area contributed by atoms with E-state index in [0.717, 1.165) is 17.1 Å².